The predicted octanol–water partition coefficient (Wildman–Crippen LogP) is 2.87. The van der Waals surface area contributed by atoms with E-state index in [4.69, 9.17) is 14.0 Å². The Hall–Kier alpha value is -2.95. The number of hydrogen-bond donors (Lipinski definition) is 0. The van der Waals surface area contributed by atoms with Gasteiger partial charge >= 0.3 is 11.8 Å². The molecule has 0 fully saturated rings. The summed E-state index contributed by atoms with van der Waals surface area (Å²) in [6, 6.07) is 5.45. The Morgan fingerprint density at radius 2 is 1.63 bits per heavy atom. The highest BCUT2D eigenvalue weighted by Crippen LogP contribution is 2.35. The van der Waals surface area contributed by atoms with Crippen molar-refractivity contribution >= 4 is 20.9 Å². The van der Waals surface area contributed by atoms with Gasteiger partial charge in [0.05, 0.1) is 24.7 Å². The number of ether oxygens (including phenoxy) is 2. The number of fused-ring (bicyclic) bond motifs is 1. The molecule has 1 aromatic heterocycles. The van der Waals surface area contributed by atoms with Crippen molar-refractivity contribution < 1.29 is 35.6 Å². The number of alkyl halides is 3. The van der Waals surface area contributed by atoms with E-state index in [-0.39, 0.29) is 22.4 Å². The fourth-order valence-corrected chi connectivity index (χ4v) is 3.77. The van der Waals surface area contributed by atoms with Crippen molar-refractivity contribution in [3.63, 3.8) is 0 Å². The van der Waals surface area contributed by atoms with E-state index in [0.717, 1.165) is 12.1 Å². The zero-order valence-electron chi connectivity index (χ0n) is 13.9. The van der Waals surface area contributed by atoms with Gasteiger partial charge in [-0.3, -0.25) is 0 Å². The second-order valence-corrected chi connectivity index (χ2v) is 7.08. The molecule has 0 aliphatic carbocycles. The zero-order valence-corrected chi connectivity index (χ0v) is 14.7. The van der Waals surface area contributed by atoms with Gasteiger partial charge in [-0.05, 0) is 36.4 Å². The molecule has 144 valence electrons. The summed E-state index contributed by atoms with van der Waals surface area (Å²) >= 11 is 0. The third-order valence-corrected chi connectivity index (χ3v) is 5.36. The van der Waals surface area contributed by atoms with Crippen LogP contribution in [0.25, 0.3) is 10.9 Å². The predicted molar refractivity (Wildman–Crippen MR) is 87.6 cm³/mol. The minimum Gasteiger partial charge on any atom is -0.493 e. The highest BCUT2D eigenvalue weighted by Gasteiger charge is 2.32. The average Bonchev–Trinajstić information content (AvgIpc) is 2.98. The Kier molecular flexibility index (Phi) is 4.42. The number of rotatable bonds is 4. The number of hydrogen-bond acceptors (Lipinski definition) is 6. The van der Waals surface area contributed by atoms with E-state index in [1.165, 1.54) is 26.4 Å². The number of halogens is 3. The highest BCUT2D eigenvalue weighted by molar-refractivity contribution is 7.90. The van der Waals surface area contributed by atoms with Crippen LogP contribution >= 0.6 is 0 Å². The van der Waals surface area contributed by atoms with Crippen LogP contribution in [0.1, 0.15) is 5.56 Å². The van der Waals surface area contributed by atoms with Crippen LogP contribution in [0.5, 0.6) is 11.5 Å². The largest absolute Gasteiger partial charge is 0.493 e. The normalized spacial score (nSPS) is 12.3. The molecule has 0 atom stereocenters. The van der Waals surface area contributed by atoms with Crippen LogP contribution in [-0.4, -0.2) is 26.8 Å². The van der Waals surface area contributed by atoms with Gasteiger partial charge in [0.2, 0.25) is 0 Å². The molecule has 0 aliphatic heterocycles. The first-order valence-electron chi connectivity index (χ1n) is 7.31. The highest BCUT2D eigenvalue weighted by atomic mass is 32.2. The van der Waals surface area contributed by atoms with Crippen LogP contribution in [0, 0.1) is 0 Å². The minimum atomic E-state index is -4.61. The van der Waals surface area contributed by atoms with E-state index in [1.807, 2.05) is 0 Å². The summed E-state index contributed by atoms with van der Waals surface area (Å²) in [7, 11) is -1.87. The lowest BCUT2D eigenvalue weighted by molar-refractivity contribution is -0.137. The number of benzene rings is 2. The first kappa shape index (κ1) is 18.8. The van der Waals surface area contributed by atoms with Crippen LogP contribution < -0.4 is 15.1 Å². The van der Waals surface area contributed by atoms with E-state index in [2.05, 4.69) is 0 Å². The molecule has 0 saturated heterocycles. The molecular weight excluding hydrogens is 391 g/mol. The second-order valence-electron chi connectivity index (χ2n) is 5.33. The number of aromatic nitrogens is 1. The summed E-state index contributed by atoms with van der Waals surface area (Å²) < 4.78 is 78.8. The summed E-state index contributed by atoms with van der Waals surface area (Å²) in [4.78, 5) is 11.7. The first-order valence-corrected chi connectivity index (χ1v) is 8.75. The van der Waals surface area contributed by atoms with Crippen LogP contribution in [0.4, 0.5) is 13.2 Å². The Labute approximate surface area is 150 Å². The summed E-state index contributed by atoms with van der Waals surface area (Å²) in [6.45, 7) is 0. The third kappa shape index (κ3) is 3.03. The number of methoxy groups -OCH3 is 2. The minimum absolute atomic E-state index is 0.0230. The summed E-state index contributed by atoms with van der Waals surface area (Å²) in [6.07, 6.45) is -4.61. The monoisotopic (exact) mass is 403 g/mol. The second kappa shape index (κ2) is 6.34. The standard InChI is InChI=1S/C16H12F3NO6S/c1-24-12-8-7-11-13(14(12)25-2)15(21)26-20(11)27(22,23)10-5-3-9(4-6-10)16(17,18)19/h3-8H,1-2H3. The molecule has 0 spiro atoms. The first-order chi connectivity index (χ1) is 12.6. The van der Waals surface area contributed by atoms with E-state index < -0.39 is 32.3 Å². The molecule has 0 N–H and O–H groups in total. The fourth-order valence-electron chi connectivity index (χ4n) is 2.53. The van der Waals surface area contributed by atoms with Gasteiger partial charge in [-0.1, -0.05) is 4.15 Å². The van der Waals surface area contributed by atoms with Crippen molar-refractivity contribution in [1.82, 2.24) is 4.15 Å². The summed E-state index contributed by atoms with van der Waals surface area (Å²) in [5.74, 6) is 0.159. The van der Waals surface area contributed by atoms with E-state index in [1.54, 1.807) is 0 Å². The van der Waals surface area contributed by atoms with Gasteiger partial charge in [0.25, 0.3) is 10.0 Å². The van der Waals surface area contributed by atoms with Crippen LogP contribution in [0.2, 0.25) is 0 Å². The Balaban J connectivity index is 2.21. The lowest BCUT2D eigenvalue weighted by atomic mass is 10.2. The zero-order chi connectivity index (χ0) is 20.0. The third-order valence-electron chi connectivity index (χ3n) is 3.79. The van der Waals surface area contributed by atoms with Gasteiger partial charge in [0.15, 0.2) is 11.5 Å². The smallest absolute Gasteiger partial charge is 0.416 e. The van der Waals surface area contributed by atoms with E-state index in [0.29, 0.717) is 16.3 Å². The Bertz CT molecular complexity index is 1160. The molecular formula is C16H12F3NO6S. The molecule has 0 amide bonds. The summed E-state index contributed by atoms with van der Waals surface area (Å²) in [5.41, 5.74) is -2.15. The SMILES string of the molecule is COc1ccc2c(c1OC)c(=O)on2S(=O)(=O)c1ccc(C(F)(F)F)cc1. The van der Waals surface area contributed by atoms with Crippen molar-refractivity contribution in [2.45, 2.75) is 11.1 Å². The molecule has 1 heterocycles. The molecule has 7 nitrogen and oxygen atoms in total. The maximum Gasteiger partial charge on any atom is 0.416 e. The lowest BCUT2D eigenvalue weighted by Gasteiger charge is -2.09. The molecule has 3 aromatic rings. The van der Waals surface area contributed by atoms with Gasteiger partial charge in [-0.15, -0.1) is 0 Å². The van der Waals surface area contributed by atoms with Gasteiger partial charge in [-0.25, -0.2) is 4.79 Å². The molecule has 0 aliphatic rings. The quantitative estimate of drug-likeness (QED) is 0.666. The maximum absolute atomic E-state index is 12.8. The topological polar surface area (TPSA) is 87.7 Å². The molecule has 2 aromatic carbocycles. The van der Waals surface area contributed by atoms with Crippen LogP contribution in [0.15, 0.2) is 50.6 Å². The van der Waals surface area contributed by atoms with E-state index >= 15 is 0 Å². The van der Waals surface area contributed by atoms with Crippen molar-refractivity contribution in [1.29, 1.82) is 0 Å². The van der Waals surface area contributed by atoms with Crippen molar-refractivity contribution in [2.75, 3.05) is 14.2 Å². The Morgan fingerprint density at radius 1 is 1.00 bits per heavy atom. The molecule has 0 unspecified atom stereocenters. The van der Waals surface area contributed by atoms with Crippen LogP contribution in [0.3, 0.4) is 0 Å². The van der Waals surface area contributed by atoms with E-state index in [9.17, 15) is 26.4 Å². The fraction of sp³-hybridized carbons (Fsp3) is 0.188. The molecule has 11 heteroatoms. The van der Waals surface area contributed by atoms with Crippen molar-refractivity contribution in [3.8, 4) is 11.5 Å². The Morgan fingerprint density at radius 3 is 2.15 bits per heavy atom. The van der Waals surface area contributed by atoms with Crippen molar-refractivity contribution in [2.24, 2.45) is 0 Å². The van der Waals surface area contributed by atoms with Gasteiger partial charge in [0.1, 0.15) is 10.9 Å². The van der Waals surface area contributed by atoms with Crippen molar-refractivity contribution in [3.05, 3.63) is 52.4 Å². The van der Waals surface area contributed by atoms with Gasteiger partial charge in [0, 0.05) is 0 Å². The maximum atomic E-state index is 12.8. The summed E-state index contributed by atoms with van der Waals surface area (Å²) in [5, 5.41) is -0.174. The van der Waals surface area contributed by atoms with Gasteiger partial charge < -0.3 is 14.0 Å². The van der Waals surface area contributed by atoms with Crippen LogP contribution in [-0.2, 0) is 16.2 Å². The average molecular weight is 403 g/mol. The molecule has 3 rings (SSSR count). The molecule has 27 heavy (non-hydrogen) atoms. The van der Waals surface area contributed by atoms with Gasteiger partial charge in [-0.2, -0.15) is 21.6 Å². The molecule has 0 saturated carbocycles. The molecule has 0 radical (unpaired) electrons. The molecule has 0 bridgehead atoms. The number of nitrogens with zero attached hydrogens (tertiary/aromatic N) is 1. The lowest BCUT2D eigenvalue weighted by Crippen LogP contribution is -2.13.